The predicted molar refractivity (Wildman–Crippen MR) is 73.6 cm³/mol. The minimum atomic E-state index is 0. The summed E-state index contributed by atoms with van der Waals surface area (Å²) in [6, 6.07) is 7.81. The molecule has 0 saturated carbocycles. The van der Waals surface area contributed by atoms with Gasteiger partial charge in [0.2, 0.25) is 0 Å². The minimum absolute atomic E-state index is 0. The standard InChI is InChI=1S/C11H12N2OS.BrH/c1-7-10(13-11(12)15-7)8-3-5-9(14-2)6-4-8;/h3-6H,1-2H3,(H2,12,13);1H. The smallest absolute Gasteiger partial charge is 0.180 e. The van der Waals surface area contributed by atoms with Gasteiger partial charge in [0.05, 0.1) is 12.8 Å². The SMILES string of the molecule is Br.COc1ccc(-c2nc(N)sc2C)cc1. The van der Waals surface area contributed by atoms with E-state index >= 15 is 0 Å². The van der Waals surface area contributed by atoms with Crippen molar-refractivity contribution in [3.8, 4) is 17.0 Å². The van der Waals surface area contributed by atoms with Gasteiger partial charge < -0.3 is 10.5 Å². The molecule has 16 heavy (non-hydrogen) atoms. The van der Waals surface area contributed by atoms with Crippen molar-refractivity contribution in [2.75, 3.05) is 12.8 Å². The number of nitrogen functional groups attached to an aromatic ring is 1. The molecule has 0 amide bonds. The number of aromatic nitrogens is 1. The van der Waals surface area contributed by atoms with Crippen molar-refractivity contribution < 1.29 is 4.74 Å². The fourth-order valence-electron chi connectivity index (χ4n) is 1.43. The van der Waals surface area contributed by atoms with E-state index in [0.717, 1.165) is 21.9 Å². The third-order valence-corrected chi connectivity index (χ3v) is 2.98. The van der Waals surface area contributed by atoms with Crippen LogP contribution in [0.25, 0.3) is 11.3 Å². The molecular formula is C11H13BrN2OS. The Bertz CT molecular complexity index is 467. The summed E-state index contributed by atoms with van der Waals surface area (Å²) in [6.07, 6.45) is 0. The molecule has 0 bridgehead atoms. The van der Waals surface area contributed by atoms with Crippen LogP contribution in [0.5, 0.6) is 5.75 Å². The average Bonchev–Trinajstić information content (AvgIpc) is 2.58. The van der Waals surface area contributed by atoms with Crippen LogP contribution in [-0.2, 0) is 0 Å². The lowest BCUT2D eigenvalue weighted by Gasteiger charge is -2.01. The van der Waals surface area contributed by atoms with Crippen LogP contribution < -0.4 is 10.5 Å². The molecule has 2 N–H and O–H groups in total. The second-order valence-electron chi connectivity index (χ2n) is 3.19. The molecule has 86 valence electrons. The summed E-state index contributed by atoms with van der Waals surface area (Å²) >= 11 is 1.51. The molecule has 3 nitrogen and oxygen atoms in total. The van der Waals surface area contributed by atoms with Gasteiger partial charge in [-0.25, -0.2) is 4.98 Å². The number of benzene rings is 1. The molecule has 0 spiro atoms. The van der Waals surface area contributed by atoms with Gasteiger partial charge in [0, 0.05) is 10.4 Å². The van der Waals surface area contributed by atoms with E-state index in [1.807, 2.05) is 31.2 Å². The lowest BCUT2D eigenvalue weighted by molar-refractivity contribution is 0.415. The highest BCUT2D eigenvalue weighted by atomic mass is 79.9. The van der Waals surface area contributed by atoms with E-state index in [4.69, 9.17) is 10.5 Å². The number of nitrogens with two attached hydrogens (primary N) is 1. The molecule has 0 unspecified atom stereocenters. The van der Waals surface area contributed by atoms with Crippen molar-refractivity contribution in [3.05, 3.63) is 29.1 Å². The van der Waals surface area contributed by atoms with Crippen molar-refractivity contribution in [1.82, 2.24) is 4.98 Å². The lowest BCUT2D eigenvalue weighted by Crippen LogP contribution is -1.85. The van der Waals surface area contributed by atoms with E-state index in [0.29, 0.717) is 5.13 Å². The molecule has 1 heterocycles. The molecular weight excluding hydrogens is 288 g/mol. The average molecular weight is 301 g/mol. The number of hydrogen-bond acceptors (Lipinski definition) is 4. The van der Waals surface area contributed by atoms with Crippen molar-refractivity contribution in [2.24, 2.45) is 0 Å². The first kappa shape index (κ1) is 13.0. The second-order valence-corrected chi connectivity index (χ2v) is 4.42. The maximum Gasteiger partial charge on any atom is 0.180 e. The quantitative estimate of drug-likeness (QED) is 0.926. The molecule has 2 aromatic rings. The Morgan fingerprint density at radius 3 is 2.31 bits per heavy atom. The van der Waals surface area contributed by atoms with Gasteiger partial charge in [0.25, 0.3) is 0 Å². The van der Waals surface area contributed by atoms with E-state index in [9.17, 15) is 0 Å². The number of rotatable bonds is 2. The number of hydrogen-bond donors (Lipinski definition) is 1. The maximum absolute atomic E-state index is 5.66. The zero-order chi connectivity index (χ0) is 10.8. The summed E-state index contributed by atoms with van der Waals surface area (Å²) in [7, 11) is 1.65. The molecule has 5 heteroatoms. The van der Waals surface area contributed by atoms with Crippen LogP contribution in [0.1, 0.15) is 4.88 Å². The van der Waals surface area contributed by atoms with Gasteiger partial charge >= 0.3 is 0 Å². The first-order valence-electron chi connectivity index (χ1n) is 4.58. The Morgan fingerprint density at radius 2 is 1.88 bits per heavy atom. The van der Waals surface area contributed by atoms with E-state index in [1.54, 1.807) is 7.11 Å². The van der Waals surface area contributed by atoms with Gasteiger partial charge in [0.15, 0.2) is 5.13 Å². The molecule has 0 aliphatic heterocycles. The monoisotopic (exact) mass is 300 g/mol. The summed E-state index contributed by atoms with van der Waals surface area (Å²) < 4.78 is 5.10. The predicted octanol–water partition coefficient (Wildman–Crippen LogP) is 3.29. The van der Waals surface area contributed by atoms with Crippen LogP contribution in [0.3, 0.4) is 0 Å². The van der Waals surface area contributed by atoms with Crippen LogP contribution in [-0.4, -0.2) is 12.1 Å². The van der Waals surface area contributed by atoms with Crippen LogP contribution >= 0.6 is 28.3 Å². The summed E-state index contributed by atoms with van der Waals surface area (Å²) in [4.78, 5) is 5.43. The number of thiazole rings is 1. The Hall–Kier alpha value is -1.07. The van der Waals surface area contributed by atoms with Gasteiger partial charge in [-0.2, -0.15) is 0 Å². The second kappa shape index (κ2) is 5.32. The highest BCUT2D eigenvalue weighted by Crippen LogP contribution is 2.29. The van der Waals surface area contributed by atoms with Crippen LogP contribution in [0.15, 0.2) is 24.3 Å². The van der Waals surface area contributed by atoms with Crippen molar-refractivity contribution in [1.29, 1.82) is 0 Å². The molecule has 0 fully saturated rings. The third-order valence-electron chi connectivity index (χ3n) is 2.18. The summed E-state index contributed by atoms with van der Waals surface area (Å²) in [5.74, 6) is 0.847. The Balaban J connectivity index is 0.00000128. The van der Waals surface area contributed by atoms with Gasteiger partial charge in [-0.3, -0.25) is 0 Å². The fraction of sp³-hybridized carbons (Fsp3) is 0.182. The van der Waals surface area contributed by atoms with Crippen LogP contribution in [0.4, 0.5) is 5.13 Å². The van der Waals surface area contributed by atoms with Gasteiger partial charge in [-0.15, -0.1) is 28.3 Å². The largest absolute Gasteiger partial charge is 0.497 e. The normalized spacial score (nSPS) is 9.62. The Kier molecular flexibility index (Phi) is 4.32. The van der Waals surface area contributed by atoms with Crippen LogP contribution in [0.2, 0.25) is 0 Å². The van der Waals surface area contributed by atoms with Gasteiger partial charge in [-0.1, -0.05) is 0 Å². The highest BCUT2D eigenvalue weighted by Gasteiger charge is 2.07. The molecule has 0 aliphatic rings. The Morgan fingerprint density at radius 1 is 1.25 bits per heavy atom. The van der Waals surface area contributed by atoms with E-state index in [1.165, 1.54) is 11.3 Å². The zero-order valence-electron chi connectivity index (χ0n) is 9.06. The van der Waals surface area contributed by atoms with Crippen molar-refractivity contribution in [2.45, 2.75) is 6.92 Å². The molecule has 1 aromatic heterocycles. The summed E-state index contributed by atoms with van der Waals surface area (Å²) in [5, 5.41) is 0.610. The van der Waals surface area contributed by atoms with Crippen LogP contribution in [0, 0.1) is 6.92 Å². The molecule has 0 radical (unpaired) electrons. The third kappa shape index (κ3) is 2.54. The maximum atomic E-state index is 5.66. The topological polar surface area (TPSA) is 48.1 Å². The minimum Gasteiger partial charge on any atom is -0.497 e. The first-order chi connectivity index (χ1) is 7.20. The number of anilines is 1. The molecule has 2 rings (SSSR count). The molecule has 0 saturated heterocycles. The van der Waals surface area contributed by atoms with Crippen molar-refractivity contribution in [3.63, 3.8) is 0 Å². The molecule has 0 aliphatic carbocycles. The molecule has 0 atom stereocenters. The number of aryl methyl sites for hydroxylation is 1. The van der Waals surface area contributed by atoms with Gasteiger partial charge in [-0.05, 0) is 31.2 Å². The fourth-order valence-corrected chi connectivity index (χ4v) is 2.14. The Labute approximate surface area is 109 Å². The van der Waals surface area contributed by atoms with Gasteiger partial charge in [0.1, 0.15) is 5.75 Å². The van der Waals surface area contributed by atoms with Crippen molar-refractivity contribution >= 4 is 33.4 Å². The number of halogens is 1. The zero-order valence-corrected chi connectivity index (χ0v) is 11.6. The summed E-state index contributed by atoms with van der Waals surface area (Å²) in [6.45, 7) is 2.02. The lowest BCUT2D eigenvalue weighted by atomic mass is 10.1. The van der Waals surface area contributed by atoms with E-state index in [2.05, 4.69) is 4.98 Å². The highest BCUT2D eigenvalue weighted by molar-refractivity contribution is 8.93. The first-order valence-corrected chi connectivity index (χ1v) is 5.39. The number of ether oxygens (including phenoxy) is 1. The van der Waals surface area contributed by atoms with E-state index in [-0.39, 0.29) is 17.0 Å². The van der Waals surface area contributed by atoms with E-state index < -0.39 is 0 Å². The number of nitrogens with zero attached hydrogens (tertiary/aromatic N) is 1. The number of methoxy groups -OCH3 is 1. The summed E-state index contributed by atoms with van der Waals surface area (Å²) in [5.41, 5.74) is 7.68. The molecule has 1 aromatic carbocycles.